The van der Waals surface area contributed by atoms with Gasteiger partial charge in [-0.25, -0.2) is 0 Å². The molecule has 2 heterocycles. The highest BCUT2D eigenvalue weighted by Crippen LogP contribution is 2.65. The molecule has 3 heteroatoms. The maximum Gasteiger partial charge on any atom is 0.144 e. The van der Waals surface area contributed by atoms with Crippen LogP contribution in [0.2, 0.25) is 0 Å². The van der Waals surface area contributed by atoms with Crippen LogP contribution in [0.25, 0.3) is 99.2 Å². The molecule has 378 valence electrons. The Morgan fingerprint density at radius 2 is 0.838 bits per heavy atom. The van der Waals surface area contributed by atoms with Crippen molar-refractivity contribution >= 4 is 71.7 Å². The molecular weight excluding hydrogens is 971 g/mol. The van der Waals surface area contributed by atoms with Crippen molar-refractivity contribution in [2.75, 3.05) is 4.90 Å². The van der Waals surface area contributed by atoms with Gasteiger partial charge < -0.3 is 13.7 Å². The molecule has 80 heavy (non-hydrogen) atoms. The monoisotopic (exact) mass is 1020 g/mol. The van der Waals surface area contributed by atoms with E-state index in [1.54, 1.807) is 0 Å². The van der Waals surface area contributed by atoms with Crippen LogP contribution >= 0.6 is 0 Å². The highest BCUT2D eigenvalue weighted by atomic mass is 16.3. The zero-order valence-corrected chi connectivity index (χ0v) is 44.9. The lowest BCUT2D eigenvalue weighted by molar-refractivity contribution is 0.600. The minimum atomic E-state index is -0.727. The summed E-state index contributed by atoms with van der Waals surface area (Å²) in [5.41, 5.74) is 25.6. The summed E-state index contributed by atoms with van der Waals surface area (Å²) in [5, 5.41) is 6.99. The summed E-state index contributed by atoms with van der Waals surface area (Å²) in [7, 11) is 0. The second-order valence-corrected chi connectivity index (χ2v) is 23.4. The van der Waals surface area contributed by atoms with E-state index in [0.29, 0.717) is 0 Å². The second kappa shape index (κ2) is 16.2. The van der Waals surface area contributed by atoms with E-state index < -0.39 is 5.41 Å². The Morgan fingerprint density at radius 1 is 0.338 bits per heavy atom. The molecule has 0 radical (unpaired) electrons. The molecule has 0 aliphatic heterocycles. The number of rotatable bonds is 6. The molecule has 17 rings (SSSR count). The normalized spacial score (nSPS) is 14.8. The molecule has 3 nitrogen and oxygen atoms in total. The van der Waals surface area contributed by atoms with E-state index in [9.17, 15) is 0 Å². The largest absolute Gasteiger partial charge is 0.455 e. The Bertz CT molecular complexity index is 4900. The molecule has 0 atom stereocenters. The maximum atomic E-state index is 7.07. The van der Waals surface area contributed by atoms with Gasteiger partial charge in [0.25, 0.3) is 0 Å². The summed E-state index contributed by atoms with van der Waals surface area (Å²) in [5.74, 6) is 0. The van der Waals surface area contributed by atoms with E-state index in [1.165, 1.54) is 94.0 Å². The molecule has 0 saturated heterocycles. The molecule has 0 N–H and O–H groups in total. The van der Waals surface area contributed by atoms with Crippen LogP contribution in [0.5, 0.6) is 0 Å². The first-order chi connectivity index (χ1) is 39.2. The Labute approximate surface area is 464 Å². The van der Waals surface area contributed by atoms with Crippen LogP contribution in [0.15, 0.2) is 258 Å². The first-order valence-electron chi connectivity index (χ1n) is 28.1. The first-order valence-corrected chi connectivity index (χ1v) is 28.1. The average molecular weight is 1020 g/mol. The van der Waals surface area contributed by atoms with Crippen LogP contribution in [-0.4, -0.2) is 0 Å². The third kappa shape index (κ3) is 5.83. The van der Waals surface area contributed by atoms with Crippen LogP contribution < -0.4 is 4.90 Å². The third-order valence-corrected chi connectivity index (χ3v) is 18.6. The molecular formula is C77H53NO2. The number of hydrogen-bond acceptors (Lipinski definition) is 3. The standard InChI is InChI=1S/C77H53NO2/c1-75(2)59-35-19-16-32-53(59)70-72(75)71-67(69-57-34-18-21-38-65(57)80-74(69)70)54-41-39-50(43-60(54)76(71,3)4)78(63-36-22-26-46-25-14-15-31-52(46)63)51-40-42-55-61(44-51)77(48-27-10-6-11-28-48,49-29-12-7-13-30-49)62-45-58(47-23-8-5-9-24-47)73-68(66(55)62)56-33-17-20-37-64(56)79-73/h5-45H,1-4H3. The summed E-state index contributed by atoms with van der Waals surface area (Å²) in [6.45, 7) is 9.75. The molecule has 0 fully saturated rings. The molecule has 3 aliphatic rings. The van der Waals surface area contributed by atoms with Crippen molar-refractivity contribution in [3.8, 4) is 44.5 Å². The lowest BCUT2D eigenvalue weighted by Gasteiger charge is -2.35. The van der Waals surface area contributed by atoms with E-state index in [4.69, 9.17) is 8.83 Å². The summed E-state index contributed by atoms with van der Waals surface area (Å²) in [6, 6.07) is 92.1. The molecule has 0 amide bonds. The lowest BCUT2D eigenvalue weighted by atomic mass is 9.67. The minimum absolute atomic E-state index is 0.261. The Balaban J connectivity index is 0.961. The third-order valence-electron chi connectivity index (χ3n) is 18.6. The van der Waals surface area contributed by atoms with Crippen LogP contribution in [0.3, 0.4) is 0 Å². The Morgan fingerprint density at radius 3 is 1.52 bits per heavy atom. The van der Waals surface area contributed by atoms with Gasteiger partial charge in [-0.3, -0.25) is 0 Å². The zero-order valence-electron chi connectivity index (χ0n) is 44.9. The van der Waals surface area contributed by atoms with E-state index in [-0.39, 0.29) is 10.8 Å². The van der Waals surface area contributed by atoms with Gasteiger partial charge in [0.1, 0.15) is 22.3 Å². The number of fused-ring (bicyclic) bond motifs is 20. The van der Waals surface area contributed by atoms with E-state index in [1.807, 2.05) is 0 Å². The van der Waals surface area contributed by atoms with Crippen molar-refractivity contribution in [1.82, 2.24) is 0 Å². The fourth-order valence-corrected chi connectivity index (χ4v) is 15.3. The minimum Gasteiger partial charge on any atom is -0.455 e. The number of nitrogens with zero attached hydrogens (tertiary/aromatic N) is 1. The number of hydrogen-bond donors (Lipinski definition) is 0. The van der Waals surface area contributed by atoms with Crippen LogP contribution in [-0.2, 0) is 16.2 Å². The van der Waals surface area contributed by atoms with Crippen LogP contribution in [0, 0.1) is 0 Å². The van der Waals surface area contributed by atoms with E-state index >= 15 is 0 Å². The summed E-state index contributed by atoms with van der Waals surface area (Å²) in [4.78, 5) is 2.54. The van der Waals surface area contributed by atoms with Crippen molar-refractivity contribution in [1.29, 1.82) is 0 Å². The number of benzene rings is 12. The maximum absolute atomic E-state index is 7.07. The molecule has 3 aliphatic carbocycles. The molecule has 2 aromatic heterocycles. The lowest BCUT2D eigenvalue weighted by Crippen LogP contribution is -2.29. The number of para-hydroxylation sites is 2. The van der Waals surface area contributed by atoms with E-state index in [2.05, 4.69) is 281 Å². The van der Waals surface area contributed by atoms with Gasteiger partial charge in [-0.15, -0.1) is 0 Å². The van der Waals surface area contributed by atoms with Crippen molar-refractivity contribution in [2.24, 2.45) is 0 Å². The summed E-state index contributed by atoms with van der Waals surface area (Å²) >= 11 is 0. The Hall–Kier alpha value is -9.70. The molecule has 0 saturated carbocycles. The zero-order chi connectivity index (χ0) is 53.2. The molecule has 0 bridgehead atoms. The highest BCUT2D eigenvalue weighted by molar-refractivity contribution is 6.22. The predicted octanol–water partition coefficient (Wildman–Crippen LogP) is 20.8. The molecule has 0 spiro atoms. The number of furan rings is 2. The molecule has 14 aromatic rings. The first kappa shape index (κ1) is 45.3. The van der Waals surface area contributed by atoms with Crippen molar-refractivity contribution < 1.29 is 8.83 Å². The van der Waals surface area contributed by atoms with Gasteiger partial charge in [-0.2, -0.15) is 0 Å². The summed E-state index contributed by atoms with van der Waals surface area (Å²) in [6.07, 6.45) is 0. The van der Waals surface area contributed by atoms with Gasteiger partial charge in [0.05, 0.1) is 11.1 Å². The average Bonchev–Trinajstić information content (AvgIpc) is 4.32. The highest BCUT2D eigenvalue weighted by Gasteiger charge is 2.50. The Kier molecular flexibility index (Phi) is 9.17. The van der Waals surface area contributed by atoms with E-state index in [0.717, 1.165) is 66.7 Å². The topological polar surface area (TPSA) is 29.5 Å². The molecule has 0 unspecified atom stereocenters. The van der Waals surface area contributed by atoms with Gasteiger partial charge in [-0.1, -0.05) is 228 Å². The predicted molar refractivity (Wildman–Crippen MR) is 331 cm³/mol. The van der Waals surface area contributed by atoms with Crippen molar-refractivity contribution in [3.05, 3.63) is 293 Å². The summed E-state index contributed by atoms with van der Waals surface area (Å²) < 4.78 is 14.1. The fraction of sp³-hybridized carbons (Fsp3) is 0.0909. The molecule has 12 aromatic carbocycles. The smallest absolute Gasteiger partial charge is 0.144 e. The van der Waals surface area contributed by atoms with Crippen LogP contribution in [0.1, 0.15) is 72.2 Å². The quantitative estimate of drug-likeness (QED) is 0.166. The number of anilines is 3. The van der Waals surface area contributed by atoms with Gasteiger partial charge in [0.15, 0.2) is 0 Å². The second-order valence-electron chi connectivity index (χ2n) is 23.4. The van der Waals surface area contributed by atoms with Gasteiger partial charge in [0.2, 0.25) is 0 Å². The van der Waals surface area contributed by atoms with Gasteiger partial charge in [0, 0.05) is 60.3 Å². The van der Waals surface area contributed by atoms with Gasteiger partial charge in [-0.05, 0) is 132 Å². The fourth-order valence-electron chi connectivity index (χ4n) is 15.3. The van der Waals surface area contributed by atoms with Gasteiger partial charge >= 0.3 is 0 Å². The van der Waals surface area contributed by atoms with Crippen molar-refractivity contribution in [3.63, 3.8) is 0 Å². The van der Waals surface area contributed by atoms with Crippen molar-refractivity contribution in [2.45, 2.75) is 43.9 Å². The SMILES string of the molecule is CC1(C)c2ccccc2-c2c1c1c(c3c2oc2ccccc23)-c2ccc(N(c3ccc4c(c3)C(c3ccccc3)(c3ccccc3)c3cc(-c5ccccc5)c5oc6ccccc6c5c3-4)c3cccc4ccccc34)cc2C1(C)C. The van der Waals surface area contributed by atoms with Crippen LogP contribution in [0.4, 0.5) is 17.1 Å².